The number of aromatic nitrogens is 2. The monoisotopic (exact) mass is 476 g/mol. The van der Waals surface area contributed by atoms with Crippen molar-refractivity contribution in [1.82, 2.24) is 15.1 Å². The number of carbonyl (C=O) groups is 2. The van der Waals surface area contributed by atoms with Gasteiger partial charge in [-0.1, -0.05) is 23.7 Å². The first kappa shape index (κ1) is 23.5. The Morgan fingerprint density at radius 1 is 1.22 bits per heavy atom. The Morgan fingerprint density at radius 2 is 1.91 bits per heavy atom. The van der Waals surface area contributed by atoms with E-state index in [4.69, 9.17) is 22.1 Å². The van der Waals surface area contributed by atoms with Crippen molar-refractivity contribution in [3.8, 4) is 11.6 Å². The molecule has 0 unspecified atom stereocenters. The van der Waals surface area contributed by atoms with Crippen molar-refractivity contribution >= 4 is 23.4 Å². The number of ether oxygens (including phenoxy) is 2. The zero-order chi connectivity index (χ0) is 23.5. The van der Waals surface area contributed by atoms with E-state index in [2.05, 4.69) is 14.9 Å². The van der Waals surface area contributed by atoms with E-state index in [-0.39, 0.29) is 42.5 Å². The molecule has 1 aromatic heterocycles. The van der Waals surface area contributed by atoms with Crippen LogP contribution in [0.4, 0.5) is 17.6 Å². The number of amides is 2. The lowest BCUT2D eigenvalue weighted by Gasteiger charge is -2.34. The lowest BCUT2D eigenvalue weighted by atomic mass is 10.0. The van der Waals surface area contributed by atoms with Crippen molar-refractivity contribution in [2.45, 2.75) is 31.5 Å². The molecule has 0 bridgehead atoms. The number of rotatable bonds is 6. The Morgan fingerprint density at radius 3 is 2.50 bits per heavy atom. The van der Waals surface area contributed by atoms with E-state index >= 15 is 0 Å². The highest BCUT2D eigenvalue weighted by Gasteiger charge is 2.34. The van der Waals surface area contributed by atoms with Crippen LogP contribution in [0.15, 0.2) is 30.3 Å². The van der Waals surface area contributed by atoms with Crippen molar-refractivity contribution < 1.29 is 36.6 Å². The van der Waals surface area contributed by atoms with Crippen molar-refractivity contribution in [1.29, 1.82) is 0 Å². The van der Waals surface area contributed by atoms with Gasteiger partial charge < -0.3 is 20.1 Å². The summed E-state index contributed by atoms with van der Waals surface area (Å²) in [6.07, 6.45) is -7.41. The third-order valence-electron chi connectivity index (χ3n) is 4.61. The van der Waals surface area contributed by atoms with Crippen LogP contribution in [0, 0.1) is 0 Å². The van der Waals surface area contributed by atoms with Gasteiger partial charge in [-0.15, -0.1) is 23.4 Å². The molecule has 0 aliphatic carbocycles. The number of nitrogens with two attached hydrogens (primary N) is 1. The number of alkyl halides is 4. The maximum absolute atomic E-state index is 14.7. The molecule has 2 heterocycles. The van der Waals surface area contributed by atoms with Crippen LogP contribution in [-0.4, -0.2) is 58.6 Å². The van der Waals surface area contributed by atoms with Gasteiger partial charge in [-0.3, -0.25) is 9.59 Å². The van der Waals surface area contributed by atoms with Crippen LogP contribution >= 0.6 is 11.6 Å². The Kier molecular flexibility index (Phi) is 7.02. The van der Waals surface area contributed by atoms with Crippen molar-refractivity contribution in [2.75, 3.05) is 13.1 Å². The molecular formula is C19H17ClF4N4O4. The molecule has 3 rings (SSSR count). The van der Waals surface area contributed by atoms with Gasteiger partial charge in [0, 0.05) is 13.0 Å². The number of carbonyl (C=O) groups excluding carboxylic acids is 2. The van der Waals surface area contributed by atoms with E-state index in [0.29, 0.717) is 5.56 Å². The summed E-state index contributed by atoms with van der Waals surface area (Å²) in [5, 5.41) is 7.11. The average Bonchev–Trinajstić information content (AvgIpc) is 2.70. The molecule has 0 radical (unpaired) electrons. The Bertz CT molecular complexity index is 990. The molecule has 2 aromatic rings. The molecule has 1 aliphatic heterocycles. The fourth-order valence-corrected chi connectivity index (χ4v) is 3.25. The number of primary amides is 1. The molecule has 8 nitrogen and oxygen atoms in total. The Balaban J connectivity index is 1.57. The van der Waals surface area contributed by atoms with E-state index in [9.17, 15) is 27.2 Å². The van der Waals surface area contributed by atoms with Crippen LogP contribution in [0.3, 0.4) is 0 Å². The van der Waals surface area contributed by atoms with Crippen LogP contribution in [0.25, 0.3) is 0 Å². The molecule has 1 fully saturated rings. The number of halogens is 5. The molecule has 0 saturated carbocycles. The first-order valence-corrected chi connectivity index (χ1v) is 9.66. The minimum absolute atomic E-state index is 0.0821. The molecule has 32 heavy (non-hydrogen) atoms. The van der Waals surface area contributed by atoms with Crippen LogP contribution < -0.4 is 15.2 Å². The normalized spacial score (nSPS) is 18.8. The second-order valence-electron chi connectivity index (χ2n) is 6.92. The number of hydrogen-bond donors (Lipinski definition) is 1. The minimum atomic E-state index is -4.81. The summed E-state index contributed by atoms with van der Waals surface area (Å²) < 4.78 is 60.6. The molecule has 1 saturated heterocycles. The summed E-state index contributed by atoms with van der Waals surface area (Å²) in [4.78, 5) is 25.3. The van der Waals surface area contributed by atoms with E-state index < -0.39 is 36.2 Å². The predicted octanol–water partition coefficient (Wildman–Crippen LogP) is 2.69. The highest BCUT2D eigenvalue weighted by Crippen LogP contribution is 2.25. The number of likely N-dealkylation sites (tertiary alicyclic amines) is 1. The average molecular weight is 477 g/mol. The fraction of sp³-hybridized carbons (Fsp3) is 0.368. The van der Waals surface area contributed by atoms with Crippen LogP contribution in [-0.2, 0) is 11.2 Å². The zero-order valence-corrected chi connectivity index (χ0v) is 17.1. The predicted molar refractivity (Wildman–Crippen MR) is 103 cm³/mol. The molecule has 1 aromatic carbocycles. The van der Waals surface area contributed by atoms with Crippen LogP contribution in [0.5, 0.6) is 11.6 Å². The lowest BCUT2D eigenvalue weighted by Crippen LogP contribution is -2.49. The molecule has 13 heteroatoms. The molecular weight excluding hydrogens is 460 g/mol. The summed E-state index contributed by atoms with van der Waals surface area (Å²) in [5.74, 6) is -1.93. The van der Waals surface area contributed by atoms with Gasteiger partial charge in [0.25, 0.3) is 5.91 Å². The first-order valence-electron chi connectivity index (χ1n) is 9.28. The van der Waals surface area contributed by atoms with Gasteiger partial charge in [-0.25, -0.2) is 4.39 Å². The number of nitrogens with zero attached hydrogens (tertiary/aromatic N) is 3. The second-order valence-corrected chi connectivity index (χ2v) is 7.31. The van der Waals surface area contributed by atoms with E-state index in [1.807, 2.05) is 0 Å². The molecule has 2 N–H and O–H groups in total. The highest BCUT2D eigenvalue weighted by molar-refractivity contribution is 6.29. The number of hydrogen-bond acceptors (Lipinski definition) is 6. The van der Waals surface area contributed by atoms with Gasteiger partial charge in [0.15, 0.2) is 11.3 Å². The van der Waals surface area contributed by atoms with Gasteiger partial charge in [0.2, 0.25) is 11.8 Å². The van der Waals surface area contributed by atoms with E-state index in [0.717, 1.165) is 18.2 Å². The van der Waals surface area contributed by atoms with E-state index in [1.165, 1.54) is 17.0 Å². The Labute approximate surface area is 184 Å². The Hall–Kier alpha value is -3.15. The van der Waals surface area contributed by atoms with Gasteiger partial charge in [0.05, 0.1) is 13.0 Å². The van der Waals surface area contributed by atoms with Crippen molar-refractivity contribution in [3.05, 3.63) is 46.6 Å². The van der Waals surface area contributed by atoms with Gasteiger partial charge in [-0.2, -0.15) is 0 Å². The maximum atomic E-state index is 14.7. The summed E-state index contributed by atoms with van der Waals surface area (Å²) >= 11 is 5.68. The van der Waals surface area contributed by atoms with Gasteiger partial charge in [-0.05, 0) is 23.8 Å². The fourth-order valence-electron chi connectivity index (χ4n) is 3.10. The summed E-state index contributed by atoms with van der Waals surface area (Å²) in [6.45, 7) is -0.113. The van der Waals surface area contributed by atoms with Crippen molar-refractivity contribution in [3.63, 3.8) is 0 Å². The summed E-state index contributed by atoms with van der Waals surface area (Å²) in [6, 6.07) is 6.00. The summed E-state index contributed by atoms with van der Waals surface area (Å²) in [7, 11) is 0. The number of piperidine rings is 1. The quantitative estimate of drug-likeness (QED) is 0.642. The van der Waals surface area contributed by atoms with Gasteiger partial charge >= 0.3 is 6.36 Å². The van der Waals surface area contributed by atoms with Crippen LogP contribution in [0.2, 0.25) is 5.15 Å². The SMILES string of the molecule is NC(=O)c1cc(Cl)nnc1O[C@H]1CCN(C(=O)Cc2ccc(OC(F)(F)F)cc2)C[C@@H]1F. The smallest absolute Gasteiger partial charge is 0.469 e. The number of benzene rings is 1. The first-order chi connectivity index (χ1) is 15.0. The molecule has 1 aliphatic rings. The molecule has 0 spiro atoms. The molecule has 172 valence electrons. The summed E-state index contributed by atoms with van der Waals surface area (Å²) in [5.41, 5.74) is 5.54. The third kappa shape index (κ3) is 6.19. The van der Waals surface area contributed by atoms with Gasteiger partial charge in [0.1, 0.15) is 17.4 Å². The third-order valence-corrected chi connectivity index (χ3v) is 4.79. The second kappa shape index (κ2) is 9.55. The molecule has 2 atom stereocenters. The topological polar surface area (TPSA) is 108 Å². The largest absolute Gasteiger partial charge is 0.573 e. The maximum Gasteiger partial charge on any atom is 0.573 e. The highest BCUT2D eigenvalue weighted by atomic mass is 35.5. The van der Waals surface area contributed by atoms with Crippen LogP contribution in [0.1, 0.15) is 22.3 Å². The molecule has 2 amide bonds. The lowest BCUT2D eigenvalue weighted by molar-refractivity contribution is -0.274. The van der Waals surface area contributed by atoms with Crippen molar-refractivity contribution in [2.24, 2.45) is 5.73 Å². The zero-order valence-electron chi connectivity index (χ0n) is 16.3. The minimum Gasteiger partial charge on any atom is -0.469 e. The standard InChI is InChI=1S/C19H17ClF4N4O4/c20-15-8-12(17(25)30)18(27-26-15)31-14-5-6-28(9-13(14)21)16(29)7-10-1-3-11(4-2-10)32-19(22,23)24/h1-4,8,13-14H,5-7,9H2,(H2,25,30)/t13-,14-/m0/s1. The van der Waals surface area contributed by atoms with E-state index in [1.54, 1.807) is 0 Å².